The Balaban J connectivity index is 2.45. The molecule has 0 bridgehead atoms. The maximum absolute atomic E-state index is 11.6. The summed E-state index contributed by atoms with van der Waals surface area (Å²) in [5.41, 5.74) is -3.10. The lowest BCUT2D eigenvalue weighted by atomic mass is 9.96. The Morgan fingerprint density at radius 3 is 2.72 bits per heavy atom. The first-order valence-corrected chi connectivity index (χ1v) is 5.36. The van der Waals surface area contributed by atoms with Crippen LogP contribution in [-0.4, -0.2) is 49.3 Å². The molecule has 1 aromatic rings. The zero-order valence-electron chi connectivity index (χ0n) is 9.61. The largest absolute Gasteiger partial charge is 0.394 e. The van der Waals surface area contributed by atoms with Gasteiger partial charge >= 0.3 is 5.69 Å². The van der Waals surface area contributed by atoms with Crippen molar-refractivity contribution in [2.24, 2.45) is 0 Å². The second kappa shape index (κ2) is 4.32. The van der Waals surface area contributed by atoms with Crippen LogP contribution in [0.5, 0.6) is 0 Å². The van der Waals surface area contributed by atoms with Crippen LogP contribution in [0.4, 0.5) is 0 Å². The van der Waals surface area contributed by atoms with Crippen LogP contribution >= 0.6 is 0 Å². The Bertz CT molecular complexity index is 548. The number of ether oxygens (including phenoxy) is 1. The number of nitrogens with zero attached hydrogens (tertiary/aromatic N) is 1. The molecule has 0 amide bonds. The van der Waals surface area contributed by atoms with Crippen molar-refractivity contribution >= 4 is 0 Å². The van der Waals surface area contributed by atoms with Crippen LogP contribution < -0.4 is 11.2 Å². The van der Waals surface area contributed by atoms with E-state index in [0.717, 1.165) is 16.8 Å². The molecular formula is C10H14N2O6. The van der Waals surface area contributed by atoms with Gasteiger partial charge in [-0.05, 0) is 6.92 Å². The molecule has 4 N–H and O–H groups in total. The van der Waals surface area contributed by atoms with Crippen molar-refractivity contribution in [2.45, 2.75) is 31.0 Å². The molecule has 18 heavy (non-hydrogen) atoms. The average molecular weight is 258 g/mol. The van der Waals surface area contributed by atoms with E-state index in [4.69, 9.17) is 9.84 Å². The summed E-state index contributed by atoms with van der Waals surface area (Å²) >= 11 is 0. The maximum Gasteiger partial charge on any atom is 0.330 e. The Labute approximate surface area is 101 Å². The molecule has 100 valence electrons. The highest BCUT2D eigenvalue weighted by molar-refractivity contribution is 5.00. The van der Waals surface area contributed by atoms with Gasteiger partial charge in [-0.3, -0.25) is 14.3 Å². The van der Waals surface area contributed by atoms with E-state index in [2.05, 4.69) is 0 Å². The number of H-pyrrole nitrogens is 1. The van der Waals surface area contributed by atoms with Crippen molar-refractivity contribution in [3.63, 3.8) is 0 Å². The fourth-order valence-electron chi connectivity index (χ4n) is 2.00. The summed E-state index contributed by atoms with van der Waals surface area (Å²) in [5, 5.41) is 28.9. The number of hydrogen-bond donors (Lipinski definition) is 4. The number of hydrogen-bond acceptors (Lipinski definition) is 6. The van der Waals surface area contributed by atoms with Crippen molar-refractivity contribution in [1.29, 1.82) is 0 Å². The van der Waals surface area contributed by atoms with E-state index < -0.39 is 41.9 Å². The van der Waals surface area contributed by atoms with Gasteiger partial charge in [0.2, 0.25) is 0 Å². The van der Waals surface area contributed by atoms with E-state index in [1.54, 1.807) is 0 Å². The van der Waals surface area contributed by atoms with Crippen LogP contribution in [-0.2, 0) is 4.74 Å². The number of aliphatic hydroxyl groups is 3. The SMILES string of the molecule is C[C@@]1(O)C(n2ccc(=O)[nH]c2=O)O[C@H](CO)[C@H]1O. The van der Waals surface area contributed by atoms with E-state index in [1.807, 2.05) is 4.98 Å². The van der Waals surface area contributed by atoms with Crippen molar-refractivity contribution in [3.05, 3.63) is 33.1 Å². The number of aromatic amines is 1. The molecule has 0 radical (unpaired) electrons. The summed E-state index contributed by atoms with van der Waals surface area (Å²) in [6.07, 6.45) is -2.36. The topological polar surface area (TPSA) is 125 Å². The highest BCUT2D eigenvalue weighted by atomic mass is 16.6. The van der Waals surface area contributed by atoms with Gasteiger partial charge < -0.3 is 20.1 Å². The minimum absolute atomic E-state index is 0.494. The van der Waals surface area contributed by atoms with Gasteiger partial charge in [0, 0.05) is 12.3 Å². The summed E-state index contributed by atoms with van der Waals surface area (Å²) in [7, 11) is 0. The molecule has 0 aliphatic carbocycles. The molecular weight excluding hydrogens is 244 g/mol. The second-order valence-corrected chi connectivity index (χ2v) is 4.40. The lowest BCUT2D eigenvalue weighted by Crippen LogP contribution is -2.46. The van der Waals surface area contributed by atoms with Crippen LogP contribution in [0.15, 0.2) is 21.9 Å². The average Bonchev–Trinajstić information content (AvgIpc) is 2.52. The smallest absolute Gasteiger partial charge is 0.330 e. The summed E-state index contributed by atoms with van der Waals surface area (Å²) in [6.45, 7) is 0.793. The molecule has 1 unspecified atom stereocenters. The summed E-state index contributed by atoms with van der Waals surface area (Å²) < 4.78 is 6.19. The molecule has 8 heteroatoms. The lowest BCUT2D eigenvalue weighted by Gasteiger charge is -2.27. The Morgan fingerprint density at radius 1 is 1.56 bits per heavy atom. The Hall–Kier alpha value is -1.48. The highest BCUT2D eigenvalue weighted by Crippen LogP contribution is 2.36. The molecule has 1 aromatic heterocycles. The van der Waals surface area contributed by atoms with E-state index in [9.17, 15) is 19.8 Å². The fraction of sp³-hybridized carbons (Fsp3) is 0.600. The second-order valence-electron chi connectivity index (χ2n) is 4.40. The van der Waals surface area contributed by atoms with Gasteiger partial charge in [-0.15, -0.1) is 0 Å². The summed E-state index contributed by atoms with van der Waals surface area (Å²) in [5.74, 6) is 0. The molecule has 0 aromatic carbocycles. The van der Waals surface area contributed by atoms with Crippen LogP contribution in [0.1, 0.15) is 13.2 Å². The number of aliphatic hydroxyl groups excluding tert-OH is 2. The van der Waals surface area contributed by atoms with Crippen LogP contribution in [0.2, 0.25) is 0 Å². The normalized spacial score (nSPS) is 35.9. The van der Waals surface area contributed by atoms with Gasteiger partial charge in [0.25, 0.3) is 5.56 Å². The molecule has 0 saturated carbocycles. The molecule has 2 heterocycles. The van der Waals surface area contributed by atoms with Crippen LogP contribution in [0.25, 0.3) is 0 Å². The molecule has 2 rings (SSSR count). The van der Waals surface area contributed by atoms with Gasteiger partial charge in [0.1, 0.15) is 17.8 Å². The number of nitrogens with one attached hydrogen (secondary N) is 1. The first-order chi connectivity index (χ1) is 8.37. The minimum Gasteiger partial charge on any atom is -0.394 e. The van der Waals surface area contributed by atoms with Crippen LogP contribution in [0.3, 0.4) is 0 Å². The Morgan fingerprint density at radius 2 is 2.22 bits per heavy atom. The standard InChI is InChI=1S/C10H14N2O6/c1-10(17)7(15)5(4-13)18-8(10)12-3-2-6(14)11-9(12)16/h2-3,5,7-8,13,15,17H,4H2,1H3,(H,11,14,16)/t5-,7-,8?,10+/m1/s1. The van der Waals surface area contributed by atoms with Crippen molar-refractivity contribution in [1.82, 2.24) is 9.55 Å². The molecule has 4 atom stereocenters. The maximum atomic E-state index is 11.6. The highest BCUT2D eigenvalue weighted by Gasteiger charge is 2.53. The van der Waals surface area contributed by atoms with E-state index in [0.29, 0.717) is 0 Å². The molecule has 1 aliphatic rings. The summed E-state index contributed by atoms with van der Waals surface area (Å²) in [6, 6.07) is 1.10. The minimum atomic E-state index is -1.75. The molecule has 1 fully saturated rings. The third kappa shape index (κ3) is 1.89. The number of rotatable bonds is 2. The van der Waals surface area contributed by atoms with E-state index in [-0.39, 0.29) is 0 Å². The third-order valence-electron chi connectivity index (χ3n) is 3.04. The van der Waals surface area contributed by atoms with Gasteiger partial charge in [0.05, 0.1) is 6.61 Å². The van der Waals surface area contributed by atoms with E-state index >= 15 is 0 Å². The van der Waals surface area contributed by atoms with E-state index in [1.165, 1.54) is 6.92 Å². The van der Waals surface area contributed by atoms with Gasteiger partial charge in [-0.25, -0.2) is 4.79 Å². The Kier molecular flexibility index (Phi) is 3.11. The lowest BCUT2D eigenvalue weighted by molar-refractivity contribution is -0.0987. The van der Waals surface area contributed by atoms with Crippen molar-refractivity contribution in [3.8, 4) is 0 Å². The monoisotopic (exact) mass is 258 g/mol. The zero-order chi connectivity index (χ0) is 13.5. The molecule has 1 aliphatic heterocycles. The van der Waals surface area contributed by atoms with Crippen molar-refractivity contribution in [2.75, 3.05) is 6.61 Å². The molecule has 1 saturated heterocycles. The first kappa shape index (κ1) is 13.0. The predicted molar refractivity (Wildman–Crippen MR) is 58.9 cm³/mol. The zero-order valence-corrected chi connectivity index (χ0v) is 9.61. The van der Waals surface area contributed by atoms with Gasteiger partial charge in [-0.2, -0.15) is 0 Å². The van der Waals surface area contributed by atoms with Gasteiger partial charge in [0.15, 0.2) is 6.23 Å². The molecule has 0 spiro atoms. The summed E-state index contributed by atoms with van der Waals surface area (Å²) in [4.78, 5) is 24.5. The first-order valence-electron chi connectivity index (χ1n) is 5.36. The molecule has 8 nitrogen and oxygen atoms in total. The predicted octanol–water partition coefficient (Wildman–Crippen LogP) is -2.46. The van der Waals surface area contributed by atoms with Crippen molar-refractivity contribution < 1.29 is 20.1 Å². The van der Waals surface area contributed by atoms with Gasteiger partial charge in [-0.1, -0.05) is 0 Å². The number of aromatic nitrogens is 2. The quantitative estimate of drug-likeness (QED) is 0.466. The van der Waals surface area contributed by atoms with Crippen LogP contribution in [0, 0.1) is 0 Å². The fourth-order valence-corrected chi connectivity index (χ4v) is 2.00. The third-order valence-corrected chi connectivity index (χ3v) is 3.04.